The van der Waals surface area contributed by atoms with Gasteiger partial charge in [0.1, 0.15) is 6.61 Å². The summed E-state index contributed by atoms with van der Waals surface area (Å²) in [5.74, 6) is -2.96. The molecule has 0 rings (SSSR count). The molecule has 0 spiro atoms. The third-order valence-corrected chi connectivity index (χ3v) is 3.48. The summed E-state index contributed by atoms with van der Waals surface area (Å²) in [6.45, 7) is 1.96. The van der Waals surface area contributed by atoms with E-state index in [1.165, 1.54) is 13.8 Å². The maximum atomic E-state index is 11.9. The van der Waals surface area contributed by atoms with Crippen LogP contribution in [0.1, 0.15) is 65.2 Å². The highest BCUT2D eigenvalue weighted by Gasteiger charge is 2.21. The Kier molecular flexibility index (Phi) is 13.0. The van der Waals surface area contributed by atoms with E-state index in [1.807, 2.05) is 0 Å². The smallest absolute Gasteiger partial charge is 0.315 e. The van der Waals surface area contributed by atoms with Crippen molar-refractivity contribution in [3.05, 3.63) is 0 Å². The highest BCUT2D eigenvalue weighted by Crippen LogP contribution is 2.15. The molecule has 25 heavy (non-hydrogen) atoms. The summed E-state index contributed by atoms with van der Waals surface area (Å²) >= 11 is 0. The molecule has 8 heteroatoms. The van der Waals surface area contributed by atoms with Crippen molar-refractivity contribution in [2.75, 3.05) is 13.4 Å². The molecular formula is C17H28O8. The maximum absolute atomic E-state index is 11.9. The summed E-state index contributed by atoms with van der Waals surface area (Å²) in [7, 11) is 0. The summed E-state index contributed by atoms with van der Waals surface area (Å²) in [6.07, 6.45) is 5.77. The number of ether oxygens (including phenoxy) is 3. The van der Waals surface area contributed by atoms with Crippen LogP contribution >= 0.6 is 0 Å². The van der Waals surface area contributed by atoms with Gasteiger partial charge in [0, 0.05) is 20.3 Å². The normalized spacial score (nSPS) is 11.4. The first-order valence-corrected chi connectivity index (χ1v) is 8.48. The van der Waals surface area contributed by atoms with Crippen molar-refractivity contribution in [2.24, 2.45) is 5.92 Å². The Labute approximate surface area is 147 Å². The van der Waals surface area contributed by atoms with Gasteiger partial charge in [-0.05, 0) is 12.8 Å². The van der Waals surface area contributed by atoms with Crippen LogP contribution < -0.4 is 0 Å². The molecule has 1 N–H and O–H groups in total. The Morgan fingerprint density at radius 2 is 1.36 bits per heavy atom. The largest absolute Gasteiger partial charge is 0.481 e. The summed E-state index contributed by atoms with van der Waals surface area (Å²) < 4.78 is 14.3. The third kappa shape index (κ3) is 15.2. The van der Waals surface area contributed by atoms with Gasteiger partial charge in [0.2, 0.25) is 6.79 Å². The van der Waals surface area contributed by atoms with E-state index in [2.05, 4.69) is 4.74 Å². The van der Waals surface area contributed by atoms with Gasteiger partial charge in [0.15, 0.2) is 0 Å². The van der Waals surface area contributed by atoms with Crippen molar-refractivity contribution in [1.82, 2.24) is 0 Å². The van der Waals surface area contributed by atoms with Crippen molar-refractivity contribution in [2.45, 2.75) is 65.2 Å². The third-order valence-electron chi connectivity index (χ3n) is 3.48. The fraction of sp³-hybridized carbons (Fsp3) is 0.765. The van der Waals surface area contributed by atoms with Crippen molar-refractivity contribution < 1.29 is 38.5 Å². The molecular weight excluding hydrogens is 332 g/mol. The Hall–Kier alpha value is -2.12. The van der Waals surface area contributed by atoms with Crippen LogP contribution in [0.2, 0.25) is 0 Å². The molecule has 0 fully saturated rings. The van der Waals surface area contributed by atoms with E-state index >= 15 is 0 Å². The summed E-state index contributed by atoms with van der Waals surface area (Å²) in [6, 6.07) is 0. The van der Waals surface area contributed by atoms with Crippen LogP contribution in [0.3, 0.4) is 0 Å². The molecule has 0 aromatic carbocycles. The molecule has 0 amide bonds. The molecule has 1 atom stereocenters. The molecule has 0 aromatic heterocycles. The van der Waals surface area contributed by atoms with E-state index < -0.39 is 36.6 Å². The minimum absolute atomic E-state index is 0.0626. The lowest BCUT2D eigenvalue weighted by Gasteiger charge is -2.15. The van der Waals surface area contributed by atoms with Gasteiger partial charge in [-0.1, -0.05) is 32.1 Å². The van der Waals surface area contributed by atoms with Crippen LogP contribution in [0.4, 0.5) is 0 Å². The number of hydrogen-bond acceptors (Lipinski definition) is 7. The first-order valence-electron chi connectivity index (χ1n) is 8.48. The Morgan fingerprint density at radius 3 is 1.92 bits per heavy atom. The van der Waals surface area contributed by atoms with Crippen LogP contribution in [-0.4, -0.2) is 42.4 Å². The maximum Gasteiger partial charge on any atom is 0.315 e. The number of carboxylic acid groups (broad SMARTS) is 1. The van der Waals surface area contributed by atoms with Crippen LogP contribution in [0.5, 0.6) is 0 Å². The van der Waals surface area contributed by atoms with Crippen molar-refractivity contribution in [1.29, 1.82) is 0 Å². The molecule has 0 aliphatic carbocycles. The predicted octanol–water partition coefficient (Wildman–Crippen LogP) is 2.43. The first kappa shape index (κ1) is 22.9. The molecule has 0 bridgehead atoms. The number of carbonyl (C=O) groups excluding carboxylic acids is 3. The SMILES string of the molecule is CC(=O)OCOC(=O)C(CCCCCCCCC(=O)O)COC(C)=O. The number of hydrogen-bond donors (Lipinski definition) is 1. The lowest BCUT2D eigenvalue weighted by atomic mass is 10.0. The van der Waals surface area contributed by atoms with E-state index in [1.54, 1.807) is 0 Å². The van der Waals surface area contributed by atoms with Gasteiger partial charge in [-0.25, -0.2) is 0 Å². The first-order chi connectivity index (χ1) is 11.8. The summed E-state index contributed by atoms with van der Waals surface area (Å²) in [5, 5.41) is 8.54. The lowest BCUT2D eigenvalue weighted by molar-refractivity contribution is -0.170. The zero-order valence-corrected chi connectivity index (χ0v) is 15.0. The summed E-state index contributed by atoms with van der Waals surface area (Å²) in [4.78, 5) is 43.9. The Morgan fingerprint density at radius 1 is 0.800 bits per heavy atom. The van der Waals surface area contributed by atoms with E-state index in [0.29, 0.717) is 12.8 Å². The van der Waals surface area contributed by atoms with E-state index in [4.69, 9.17) is 14.6 Å². The quantitative estimate of drug-likeness (QED) is 0.285. The molecule has 8 nitrogen and oxygen atoms in total. The van der Waals surface area contributed by atoms with Crippen LogP contribution in [0, 0.1) is 5.92 Å². The van der Waals surface area contributed by atoms with E-state index in [-0.39, 0.29) is 13.0 Å². The van der Waals surface area contributed by atoms with Crippen LogP contribution in [0.15, 0.2) is 0 Å². The number of carboxylic acids is 1. The summed E-state index contributed by atoms with van der Waals surface area (Å²) in [5.41, 5.74) is 0. The fourth-order valence-corrected chi connectivity index (χ4v) is 2.15. The van der Waals surface area contributed by atoms with Crippen LogP contribution in [0.25, 0.3) is 0 Å². The van der Waals surface area contributed by atoms with Gasteiger partial charge >= 0.3 is 23.9 Å². The van der Waals surface area contributed by atoms with Crippen molar-refractivity contribution >= 4 is 23.9 Å². The highest BCUT2D eigenvalue weighted by atomic mass is 16.7. The molecule has 144 valence electrons. The average molecular weight is 360 g/mol. The Balaban J connectivity index is 4.01. The fourth-order valence-electron chi connectivity index (χ4n) is 2.15. The standard InChI is InChI=1S/C17H28O8/c1-13(18)23-11-15(17(22)25-12-24-14(2)19)9-7-5-3-4-6-8-10-16(20)21/h15H,3-12H2,1-2H3,(H,20,21). The second-order valence-corrected chi connectivity index (χ2v) is 5.77. The van der Waals surface area contributed by atoms with Crippen molar-refractivity contribution in [3.63, 3.8) is 0 Å². The number of aliphatic carboxylic acids is 1. The minimum Gasteiger partial charge on any atom is -0.481 e. The van der Waals surface area contributed by atoms with Gasteiger partial charge in [-0.15, -0.1) is 0 Å². The lowest BCUT2D eigenvalue weighted by Crippen LogP contribution is -2.25. The van der Waals surface area contributed by atoms with Gasteiger partial charge in [0.05, 0.1) is 5.92 Å². The monoisotopic (exact) mass is 360 g/mol. The molecule has 0 aliphatic rings. The van der Waals surface area contributed by atoms with E-state index in [0.717, 1.165) is 32.1 Å². The average Bonchev–Trinajstić information content (AvgIpc) is 2.51. The molecule has 0 aromatic rings. The second-order valence-electron chi connectivity index (χ2n) is 5.77. The van der Waals surface area contributed by atoms with Crippen LogP contribution in [-0.2, 0) is 33.4 Å². The molecule has 0 saturated heterocycles. The number of carbonyl (C=O) groups is 4. The molecule has 0 heterocycles. The zero-order chi connectivity index (χ0) is 19.1. The number of esters is 3. The van der Waals surface area contributed by atoms with E-state index in [9.17, 15) is 19.2 Å². The zero-order valence-electron chi connectivity index (χ0n) is 15.0. The van der Waals surface area contributed by atoms with Gasteiger partial charge in [-0.3, -0.25) is 19.2 Å². The molecule has 1 unspecified atom stereocenters. The molecule has 0 saturated carbocycles. The topological polar surface area (TPSA) is 116 Å². The van der Waals surface area contributed by atoms with Gasteiger partial charge < -0.3 is 19.3 Å². The molecule has 0 radical (unpaired) electrons. The minimum atomic E-state index is -0.777. The van der Waals surface area contributed by atoms with Crippen molar-refractivity contribution in [3.8, 4) is 0 Å². The highest BCUT2D eigenvalue weighted by molar-refractivity contribution is 5.73. The molecule has 0 aliphatic heterocycles. The second kappa shape index (κ2) is 14.2. The van der Waals surface area contributed by atoms with Gasteiger partial charge in [0.25, 0.3) is 0 Å². The number of rotatable bonds is 14. The Bertz CT molecular complexity index is 432. The predicted molar refractivity (Wildman–Crippen MR) is 87.4 cm³/mol. The van der Waals surface area contributed by atoms with Gasteiger partial charge in [-0.2, -0.15) is 0 Å². The number of unbranched alkanes of at least 4 members (excludes halogenated alkanes) is 5.